The molecular formula is C45H37F2NO. The number of anilines is 2. The van der Waals surface area contributed by atoms with Crippen LogP contribution >= 0.6 is 0 Å². The van der Waals surface area contributed by atoms with Gasteiger partial charge in [0.15, 0.2) is 0 Å². The van der Waals surface area contributed by atoms with Crippen LogP contribution in [0.4, 0.5) is 20.2 Å². The van der Waals surface area contributed by atoms with Gasteiger partial charge in [-0.25, -0.2) is 8.78 Å². The zero-order valence-corrected chi connectivity index (χ0v) is 27.8. The van der Waals surface area contributed by atoms with Gasteiger partial charge in [-0.1, -0.05) is 114 Å². The van der Waals surface area contributed by atoms with Crippen molar-refractivity contribution in [2.75, 3.05) is 12.0 Å². The van der Waals surface area contributed by atoms with Gasteiger partial charge in [0.05, 0.1) is 7.11 Å². The Hall–Kier alpha value is -6.00. The van der Waals surface area contributed by atoms with Gasteiger partial charge < -0.3 is 9.64 Å². The van der Waals surface area contributed by atoms with Crippen LogP contribution in [0.2, 0.25) is 0 Å². The Morgan fingerprint density at radius 2 is 0.918 bits per heavy atom. The molecule has 6 aromatic carbocycles. The Balaban J connectivity index is 1.37. The summed E-state index contributed by atoms with van der Waals surface area (Å²) in [4.78, 5) is 2.07. The van der Waals surface area contributed by atoms with Crippen LogP contribution in [-0.4, -0.2) is 7.11 Å². The summed E-state index contributed by atoms with van der Waals surface area (Å²) in [6.07, 6.45) is 8.35. The van der Waals surface area contributed by atoms with Gasteiger partial charge in [-0.15, -0.1) is 0 Å². The Morgan fingerprint density at radius 1 is 0.510 bits per heavy atom. The van der Waals surface area contributed by atoms with Crippen LogP contribution in [0.25, 0.3) is 17.2 Å². The lowest BCUT2D eigenvalue weighted by Gasteiger charge is -2.24. The molecular weight excluding hydrogens is 608 g/mol. The quantitative estimate of drug-likeness (QED) is 0.137. The molecule has 6 rings (SSSR count). The van der Waals surface area contributed by atoms with Gasteiger partial charge in [0.1, 0.15) is 17.4 Å². The summed E-state index contributed by atoms with van der Waals surface area (Å²) in [6, 6.07) is 46.0. The maximum Gasteiger partial charge on any atom is 0.123 e. The van der Waals surface area contributed by atoms with E-state index in [9.17, 15) is 8.78 Å². The number of nitrogens with zero attached hydrogens (tertiary/aromatic N) is 1. The lowest BCUT2D eigenvalue weighted by molar-refractivity contribution is 0.415. The Kier molecular flexibility index (Phi) is 10.3. The van der Waals surface area contributed by atoms with Crippen molar-refractivity contribution in [1.82, 2.24) is 0 Å². The molecule has 0 bridgehead atoms. The molecule has 0 aliphatic carbocycles. The van der Waals surface area contributed by atoms with Crippen molar-refractivity contribution in [2.45, 2.75) is 13.8 Å². The van der Waals surface area contributed by atoms with Gasteiger partial charge in [-0.3, -0.25) is 0 Å². The highest BCUT2D eigenvalue weighted by molar-refractivity contribution is 5.84. The highest BCUT2D eigenvalue weighted by Crippen LogP contribution is 2.33. The first-order valence-corrected chi connectivity index (χ1v) is 16.2. The average Bonchev–Trinajstić information content (AvgIpc) is 3.13. The average molecular weight is 646 g/mol. The first-order valence-electron chi connectivity index (χ1n) is 16.2. The second-order valence-electron chi connectivity index (χ2n) is 11.9. The number of allylic oxidation sites excluding steroid dienone is 2. The fourth-order valence-corrected chi connectivity index (χ4v) is 5.57. The van der Waals surface area contributed by atoms with E-state index >= 15 is 0 Å². The molecule has 49 heavy (non-hydrogen) atoms. The first-order chi connectivity index (χ1) is 23.9. The summed E-state index contributed by atoms with van der Waals surface area (Å²) >= 11 is 0. The van der Waals surface area contributed by atoms with E-state index in [2.05, 4.69) is 110 Å². The highest BCUT2D eigenvalue weighted by atomic mass is 19.1. The minimum atomic E-state index is -0.322. The Labute approximate surface area is 287 Å². The molecule has 242 valence electrons. The maximum absolute atomic E-state index is 13.9. The molecule has 0 saturated carbocycles. The zero-order valence-electron chi connectivity index (χ0n) is 27.8. The lowest BCUT2D eigenvalue weighted by Crippen LogP contribution is -2.10. The van der Waals surface area contributed by atoms with Crippen LogP contribution in [0, 0.1) is 25.5 Å². The molecule has 6 aromatic rings. The molecule has 0 aromatic heterocycles. The van der Waals surface area contributed by atoms with E-state index in [0.717, 1.165) is 56.1 Å². The summed E-state index contributed by atoms with van der Waals surface area (Å²) in [7, 11) is 1.64. The summed E-state index contributed by atoms with van der Waals surface area (Å²) < 4.78 is 33.3. The minimum absolute atomic E-state index is 0.322. The number of aryl methyl sites for hydroxylation is 2. The molecule has 0 fully saturated rings. The summed E-state index contributed by atoms with van der Waals surface area (Å²) in [5.41, 5.74) is 11.2. The van der Waals surface area contributed by atoms with E-state index in [1.54, 1.807) is 31.4 Å². The van der Waals surface area contributed by atoms with E-state index in [4.69, 9.17) is 4.74 Å². The van der Waals surface area contributed by atoms with Crippen LogP contribution in [0.5, 0.6) is 5.75 Å². The molecule has 0 aliphatic heterocycles. The van der Waals surface area contributed by atoms with Gasteiger partial charge in [0.25, 0.3) is 0 Å². The summed E-state index contributed by atoms with van der Waals surface area (Å²) in [5.74, 6) is 0.101. The third-order valence-electron chi connectivity index (χ3n) is 8.37. The lowest BCUT2D eigenvalue weighted by atomic mass is 9.96. The fourth-order valence-electron chi connectivity index (χ4n) is 5.57. The number of halogens is 2. The standard InChI is InChI=1S/C45H37F2NO/c1-32-7-13-35(14-8-32)44(36-15-9-33(2)10-16-36)6-4-5-34-11-25-41(26-12-34)48(42-27-29-43(49-3)30-28-42)31-45(37-17-21-39(46)22-18-37)38-19-23-40(47)24-20-38/h4-31H,1-3H3/b5-4+. The van der Waals surface area contributed by atoms with Crippen molar-refractivity contribution in [3.8, 4) is 5.75 Å². The molecule has 0 aliphatic rings. The number of rotatable bonds is 10. The van der Waals surface area contributed by atoms with E-state index in [-0.39, 0.29) is 11.6 Å². The van der Waals surface area contributed by atoms with Crippen molar-refractivity contribution in [3.05, 3.63) is 215 Å². The summed E-state index contributed by atoms with van der Waals surface area (Å²) in [5, 5.41) is 0. The molecule has 0 saturated heterocycles. The predicted molar refractivity (Wildman–Crippen MR) is 200 cm³/mol. The molecule has 0 amide bonds. The van der Waals surface area contributed by atoms with Crippen molar-refractivity contribution in [1.29, 1.82) is 0 Å². The molecule has 4 heteroatoms. The van der Waals surface area contributed by atoms with Crippen molar-refractivity contribution < 1.29 is 13.5 Å². The largest absolute Gasteiger partial charge is 0.497 e. The van der Waals surface area contributed by atoms with Crippen molar-refractivity contribution in [2.24, 2.45) is 0 Å². The molecule has 0 N–H and O–H groups in total. The van der Waals surface area contributed by atoms with E-state index in [1.165, 1.54) is 35.4 Å². The smallest absolute Gasteiger partial charge is 0.123 e. The maximum atomic E-state index is 13.9. The SMILES string of the molecule is COc1ccc(N(C=C(c2ccc(F)cc2)c2ccc(F)cc2)c2ccc(/C=C/C=C(c3ccc(C)cc3)c3ccc(C)cc3)cc2)cc1. The van der Waals surface area contributed by atoms with E-state index in [0.29, 0.717) is 0 Å². The number of methoxy groups -OCH3 is 1. The number of hydrogen-bond donors (Lipinski definition) is 0. The highest BCUT2D eigenvalue weighted by Gasteiger charge is 2.13. The minimum Gasteiger partial charge on any atom is -0.497 e. The molecule has 0 atom stereocenters. The number of ether oxygens (including phenoxy) is 1. The monoisotopic (exact) mass is 645 g/mol. The van der Waals surface area contributed by atoms with Crippen LogP contribution < -0.4 is 9.64 Å². The second-order valence-corrected chi connectivity index (χ2v) is 11.9. The molecule has 0 radical (unpaired) electrons. The zero-order chi connectivity index (χ0) is 34.2. The third kappa shape index (κ3) is 8.30. The first kappa shape index (κ1) is 32.9. The second kappa shape index (κ2) is 15.3. The van der Waals surface area contributed by atoms with Gasteiger partial charge >= 0.3 is 0 Å². The van der Waals surface area contributed by atoms with Crippen LogP contribution in [0.15, 0.2) is 164 Å². The van der Waals surface area contributed by atoms with Crippen molar-refractivity contribution >= 4 is 28.6 Å². The van der Waals surface area contributed by atoms with E-state index in [1.807, 2.05) is 30.5 Å². The predicted octanol–water partition coefficient (Wildman–Crippen LogP) is 12.0. The molecule has 0 heterocycles. The number of benzene rings is 6. The molecule has 2 nitrogen and oxygen atoms in total. The summed E-state index contributed by atoms with van der Waals surface area (Å²) in [6.45, 7) is 4.20. The fraction of sp³-hybridized carbons (Fsp3) is 0.0667. The number of hydrogen-bond acceptors (Lipinski definition) is 2. The van der Waals surface area contributed by atoms with Gasteiger partial charge in [-0.2, -0.15) is 0 Å². The van der Waals surface area contributed by atoms with Crippen LogP contribution in [0.1, 0.15) is 38.9 Å². The molecule has 0 unspecified atom stereocenters. The topological polar surface area (TPSA) is 12.5 Å². The normalized spacial score (nSPS) is 10.9. The third-order valence-corrected chi connectivity index (χ3v) is 8.37. The van der Waals surface area contributed by atoms with Gasteiger partial charge in [-0.05, 0) is 108 Å². The molecule has 0 spiro atoms. The van der Waals surface area contributed by atoms with Gasteiger partial charge in [0, 0.05) is 23.1 Å². The van der Waals surface area contributed by atoms with E-state index < -0.39 is 0 Å². The van der Waals surface area contributed by atoms with Crippen molar-refractivity contribution in [3.63, 3.8) is 0 Å². The van der Waals surface area contributed by atoms with Crippen LogP contribution in [0.3, 0.4) is 0 Å². The Morgan fingerprint density at radius 3 is 1.37 bits per heavy atom. The van der Waals surface area contributed by atoms with Gasteiger partial charge in [0.2, 0.25) is 0 Å². The van der Waals surface area contributed by atoms with Crippen LogP contribution in [-0.2, 0) is 0 Å². The Bertz CT molecular complexity index is 1980.